The van der Waals surface area contributed by atoms with Gasteiger partial charge in [0.25, 0.3) is 0 Å². The van der Waals surface area contributed by atoms with Gasteiger partial charge in [0.05, 0.1) is 0 Å². The summed E-state index contributed by atoms with van der Waals surface area (Å²) in [6, 6.07) is 0.514. The number of rotatable bonds is 1. The van der Waals surface area contributed by atoms with Crippen LogP contribution in [0, 0.1) is 0 Å². The van der Waals surface area contributed by atoms with Gasteiger partial charge in [0.1, 0.15) is 0 Å². The summed E-state index contributed by atoms with van der Waals surface area (Å²) in [5, 5.41) is 2.65. The quantitative estimate of drug-likeness (QED) is 0.637. The van der Waals surface area contributed by atoms with Gasteiger partial charge in [0, 0.05) is 20.1 Å². The first-order chi connectivity index (χ1) is 5.75. The van der Waals surface area contributed by atoms with E-state index in [1.54, 1.807) is 7.05 Å². The van der Waals surface area contributed by atoms with Gasteiger partial charge in [-0.15, -0.1) is 0 Å². The van der Waals surface area contributed by atoms with E-state index >= 15 is 0 Å². The Labute approximate surface area is 74.1 Å². The van der Waals surface area contributed by atoms with Gasteiger partial charge in [-0.1, -0.05) is 19.3 Å². The average Bonchev–Trinajstić information content (AvgIpc) is 2.17. The molecule has 0 unspecified atom stereocenters. The fourth-order valence-electron chi connectivity index (χ4n) is 1.81. The summed E-state index contributed by atoms with van der Waals surface area (Å²) in [5.74, 6) is 0. The maximum Gasteiger partial charge on any atom is 0.317 e. The SMILES string of the molecule is CNC(=O)N(C)C1CCCCC1. The molecule has 70 valence electrons. The van der Waals surface area contributed by atoms with Crippen molar-refractivity contribution in [2.75, 3.05) is 14.1 Å². The van der Waals surface area contributed by atoms with Crippen LogP contribution in [0.5, 0.6) is 0 Å². The van der Waals surface area contributed by atoms with Crippen molar-refractivity contribution in [1.29, 1.82) is 0 Å². The molecule has 0 radical (unpaired) electrons. The number of hydrogen-bond donors (Lipinski definition) is 1. The first-order valence-electron chi connectivity index (χ1n) is 4.70. The zero-order chi connectivity index (χ0) is 8.97. The van der Waals surface area contributed by atoms with Crippen molar-refractivity contribution in [1.82, 2.24) is 10.2 Å². The fourth-order valence-corrected chi connectivity index (χ4v) is 1.81. The summed E-state index contributed by atoms with van der Waals surface area (Å²) in [4.78, 5) is 13.1. The maximum atomic E-state index is 11.2. The lowest BCUT2D eigenvalue weighted by molar-refractivity contribution is 0.175. The standard InChI is InChI=1S/C9H18N2O/c1-10-9(12)11(2)8-6-4-3-5-7-8/h8H,3-7H2,1-2H3,(H,10,12). The van der Waals surface area contributed by atoms with Gasteiger partial charge in [-0.3, -0.25) is 0 Å². The highest BCUT2D eigenvalue weighted by Crippen LogP contribution is 2.21. The van der Waals surface area contributed by atoms with E-state index in [1.165, 1.54) is 32.1 Å². The highest BCUT2D eigenvalue weighted by atomic mass is 16.2. The summed E-state index contributed by atoms with van der Waals surface area (Å²) < 4.78 is 0. The molecular formula is C9H18N2O. The van der Waals surface area contributed by atoms with Crippen molar-refractivity contribution in [3.63, 3.8) is 0 Å². The number of carbonyl (C=O) groups excluding carboxylic acids is 1. The van der Waals surface area contributed by atoms with Crippen LogP contribution >= 0.6 is 0 Å². The second kappa shape index (κ2) is 4.33. The van der Waals surface area contributed by atoms with Crippen LogP contribution in [0.25, 0.3) is 0 Å². The molecule has 0 heterocycles. The summed E-state index contributed by atoms with van der Waals surface area (Å²) in [6.45, 7) is 0. The Balaban J connectivity index is 2.39. The lowest BCUT2D eigenvalue weighted by Crippen LogP contribution is -2.43. The molecule has 0 aliphatic heterocycles. The third-order valence-electron chi connectivity index (χ3n) is 2.66. The Morgan fingerprint density at radius 1 is 1.33 bits per heavy atom. The average molecular weight is 170 g/mol. The molecule has 0 atom stereocenters. The van der Waals surface area contributed by atoms with Crippen LogP contribution in [0.15, 0.2) is 0 Å². The first-order valence-corrected chi connectivity index (χ1v) is 4.70. The van der Waals surface area contributed by atoms with E-state index in [9.17, 15) is 4.79 Å². The van der Waals surface area contributed by atoms with Crippen LogP contribution in [0.3, 0.4) is 0 Å². The molecule has 0 aromatic rings. The van der Waals surface area contributed by atoms with Crippen LogP contribution < -0.4 is 5.32 Å². The third-order valence-corrected chi connectivity index (χ3v) is 2.66. The Morgan fingerprint density at radius 2 is 1.92 bits per heavy atom. The zero-order valence-electron chi connectivity index (χ0n) is 7.97. The van der Waals surface area contributed by atoms with Crippen molar-refractivity contribution < 1.29 is 4.79 Å². The summed E-state index contributed by atoms with van der Waals surface area (Å²) >= 11 is 0. The van der Waals surface area contributed by atoms with Gasteiger partial charge in [-0.05, 0) is 12.8 Å². The molecule has 1 rings (SSSR count). The van der Waals surface area contributed by atoms with E-state index in [0.29, 0.717) is 6.04 Å². The van der Waals surface area contributed by atoms with Gasteiger partial charge in [0.2, 0.25) is 0 Å². The summed E-state index contributed by atoms with van der Waals surface area (Å²) in [6.07, 6.45) is 6.21. The van der Waals surface area contributed by atoms with Gasteiger partial charge < -0.3 is 10.2 Å². The molecule has 1 saturated carbocycles. The zero-order valence-corrected chi connectivity index (χ0v) is 7.97. The van der Waals surface area contributed by atoms with E-state index < -0.39 is 0 Å². The van der Waals surface area contributed by atoms with E-state index in [-0.39, 0.29) is 6.03 Å². The molecule has 3 nitrogen and oxygen atoms in total. The Morgan fingerprint density at radius 3 is 2.42 bits per heavy atom. The molecule has 1 fully saturated rings. The summed E-state index contributed by atoms with van der Waals surface area (Å²) in [5.41, 5.74) is 0. The second-order valence-electron chi connectivity index (χ2n) is 3.46. The van der Waals surface area contributed by atoms with E-state index in [2.05, 4.69) is 5.32 Å². The molecule has 1 aliphatic carbocycles. The van der Waals surface area contributed by atoms with Gasteiger partial charge >= 0.3 is 6.03 Å². The molecule has 2 amide bonds. The normalized spacial score (nSPS) is 18.8. The topological polar surface area (TPSA) is 32.3 Å². The first kappa shape index (κ1) is 9.36. The number of hydrogen-bond acceptors (Lipinski definition) is 1. The number of carbonyl (C=O) groups is 1. The van der Waals surface area contributed by atoms with Crippen molar-refractivity contribution in [2.45, 2.75) is 38.1 Å². The molecule has 1 N–H and O–H groups in total. The lowest BCUT2D eigenvalue weighted by Gasteiger charge is -2.30. The molecule has 1 aliphatic rings. The monoisotopic (exact) mass is 170 g/mol. The van der Waals surface area contributed by atoms with Crippen molar-refractivity contribution in [3.05, 3.63) is 0 Å². The molecule has 12 heavy (non-hydrogen) atoms. The molecule has 0 saturated heterocycles. The third kappa shape index (κ3) is 2.13. The highest BCUT2D eigenvalue weighted by Gasteiger charge is 2.20. The molecule has 0 spiro atoms. The molecule has 0 aromatic carbocycles. The number of nitrogens with zero attached hydrogens (tertiary/aromatic N) is 1. The van der Waals surface area contributed by atoms with Crippen molar-refractivity contribution >= 4 is 6.03 Å². The molecule has 0 aromatic heterocycles. The van der Waals surface area contributed by atoms with Crippen LogP contribution in [-0.4, -0.2) is 31.1 Å². The number of amides is 2. The largest absolute Gasteiger partial charge is 0.341 e. The minimum Gasteiger partial charge on any atom is -0.341 e. The minimum absolute atomic E-state index is 0.0434. The van der Waals surface area contributed by atoms with Crippen LogP contribution in [-0.2, 0) is 0 Å². The summed E-state index contributed by atoms with van der Waals surface area (Å²) in [7, 11) is 3.57. The maximum absolute atomic E-state index is 11.2. The molecular weight excluding hydrogens is 152 g/mol. The second-order valence-corrected chi connectivity index (χ2v) is 3.46. The van der Waals surface area contributed by atoms with Crippen LogP contribution in [0.1, 0.15) is 32.1 Å². The van der Waals surface area contributed by atoms with E-state index in [4.69, 9.17) is 0 Å². The Bertz CT molecular complexity index is 153. The Hall–Kier alpha value is -0.730. The van der Waals surface area contributed by atoms with Crippen LogP contribution in [0.2, 0.25) is 0 Å². The molecule has 0 bridgehead atoms. The van der Waals surface area contributed by atoms with E-state index in [0.717, 1.165) is 0 Å². The number of nitrogens with one attached hydrogen (secondary N) is 1. The van der Waals surface area contributed by atoms with Crippen molar-refractivity contribution in [2.24, 2.45) is 0 Å². The van der Waals surface area contributed by atoms with Gasteiger partial charge in [0.15, 0.2) is 0 Å². The van der Waals surface area contributed by atoms with E-state index in [1.807, 2.05) is 11.9 Å². The highest BCUT2D eigenvalue weighted by molar-refractivity contribution is 5.73. The lowest BCUT2D eigenvalue weighted by atomic mass is 9.95. The minimum atomic E-state index is 0.0434. The van der Waals surface area contributed by atoms with Gasteiger partial charge in [-0.2, -0.15) is 0 Å². The predicted octanol–water partition coefficient (Wildman–Crippen LogP) is 1.59. The predicted molar refractivity (Wildman–Crippen MR) is 49.1 cm³/mol. The number of urea groups is 1. The van der Waals surface area contributed by atoms with Crippen LogP contribution in [0.4, 0.5) is 4.79 Å². The Kier molecular flexibility index (Phi) is 3.38. The van der Waals surface area contributed by atoms with Gasteiger partial charge in [-0.25, -0.2) is 4.79 Å². The fraction of sp³-hybridized carbons (Fsp3) is 0.889. The molecule has 3 heteroatoms. The van der Waals surface area contributed by atoms with Crippen molar-refractivity contribution in [3.8, 4) is 0 Å². The smallest absolute Gasteiger partial charge is 0.317 e.